The summed E-state index contributed by atoms with van der Waals surface area (Å²) >= 11 is 0. The van der Waals surface area contributed by atoms with Gasteiger partial charge in [0, 0.05) is 6.42 Å². The number of carbonyl (C=O) groups excluding carboxylic acids is 4. The second-order valence-electron chi connectivity index (χ2n) is 9.79. The van der Waals surface area contributed by atoms with Gasteiger partial charge < -0.3 is 38.3 Å². The van der Waals surface area contributed by atoms with E-state index in [9.17, 15) is 24.3 Å². The third-order valence-electron chi connectivity index (χ3n) is 6.59. The monoisotopic (exact) mass is 528 g/mol. The number of rotatable bonds is 23. The lowest BCUT2D eigenvalue weighted by Crippen LogP contribution is -2.58. The highest BCUT2D eigenvalue weighted by molar-refractivity contribution is 5.94. The molecule has 0 aliphatic rings. The lowest BCUT2D eigenvalue weighted by molar-refractivity contribution is -0.134. The molecule has 4 amide bonds. The Morgan fingerprint density at radius 2 is 1.24 bits per heavy atom. The quantitative estimate of drug-likeness (QED) is 0.0938. The molecule has 11 nitrogen and oxygen atoms in total. The fourth-order valence-electron chi connectivity index (χ4n) is 3.97. The summed E-state index contributed by atoms with van der Waals surface area (Å²) in [4.78, 5) is 49.9. The standard InChI is InChI=1S/C26H52N6O5/c1-3-19(2)23(24(29)35)32-25(36)20(14-11-13-17-28)31-26(37)21(18-33)30-22(34)15-10-8-6-4-5-7-9-12-16-27/h19-21,23,33H,3-18,27-28H2,1-2H3,(H2,29,35)(H,30,34)(H,31,37)(H,32,36)/t19-,20-,21-,23-/m0/s1. The molecule has 10 N–H and O–H groups in total. The predicted octanol–water partition coefficient (Wildman–Crippen LogP) is 0.563. The maximum atomic E-state index is 12.9. The molecule has 0 aromatic carbocycles. The van der Waals surface area contributed by atoms with Gasteiger partial charge in [-0.1, -0.05) is 58.8 Å². The van der Waals surface area contributed by atoms with Crippen molar-refractivity contribution >= 4 is 23.6 Å². The molecule has 11 heteroatoms. The van der Waals surface area contributed by atoms with Crippen LogP contribution in [0.15, 0.2) is 0 Å². The summed E-state index contributed by atoms with van der Waals surface area (Å²) in [6.07, 6.45) is 10.7. The Hall–Kier alpha value is -2.24. The van der Waals surface area contributed by atoms with Crippen LogP contribution in [0.3, 0.4) is 0 Å². The van der Waals surface area contributed by atoms with E-state index in [0.29, 0.717) is 38.6 Å². The van der Waals surface area contributed by atoms with Gasteiger partial charge in [0.1, 0.15) is 18.1 Å². The van der Waals surface area contributed by atoms with Crippen LogP contribution >= 0.6 is 0 Å². The molecule has 0 heterocycles. The summed E-state index contributed by atoms with van der Waals surface area (Å²) in [6, 6.07) is -3.01. The second kappa shape index (κ2) is 21.8. The van der Waals surface area contributed by atoms with Gasteiger partial charge in [-0.25, -0.2) is 0 Å². The van der Waals surface area contributed by atoms with Crippen LogP contribution in [0.2, 0.25) is 0 Å². The molecule has 0 saturated heterocycles. The average molecular weight is 529 g/mol. The predicted molar refractivity (Wildman–Crippen MR) is 145 cm³/mol. The molecular formula is C26H52N6O5. The highest BCUT2D eigenvalue weighted by atomic mass is 16.3. The maximum Gasteiger partial charge on any atom is 0.245 e. The van der Waals surface area contributed by atoms with Crippen molar-refractivity contribution in [1.82, 2.24) is 16.0 Å². The van der Waals surface area contributed by atoms with Crippen molar-refractivity contribution in [3.8, 4) is 0 Å². The Labute approximate surface area is 222 Å². The number of aliphatic hydroxyl groups is 1. The number of primary amides is 1. The third kappa shape index (κ3) is 16.3. The summed E-state index contributed by atoms with van der Waals surface area (Å²) in [5, 5.41) is 17.5. The van der Waals surface area contributed by atoms with Crippen molar-refractivity contribution in [1.29, 1.82) is 0 Å². The van der Waals surface area contributed by atoms with Gasteiger partial charge in [0.2, 0.25) is 23.6 Å². The largest absolute Gasteiger partial charge is 0.394 e. The number of amides is 4. The molecule has 37 heavy (non-hydrogen) atoms. The molecule has 0 rings (SSSR count). The van der Waals surface area contributed by atoms with Crippen LogP contribution in [0.1, 0.15) is 97.3 Å². The summed E-state index contributed by atoms with van der Waals surface area (Å²) in [7, 11) is 0. The smallest absolute Gasteiger partial charge is 0.245 e. The molecule has 4 atom stereocenters. The minimum absolute atomic E-state index is 0.178. The number of aliphatic hydroxyl groups excluding tert-OH is 1. The van der Waals surface area contributed by atoms with Crippen LogP contribution in [0, 0.1) is 5.92 Å². The zero-order valence-electron chi connectivity index (χ0n) is 22.9. The lowest BCUT2D eigenvalue weighted by Gasteiger charge is -2.26. The molecule has 0 bridgehead atoms. The Morgan fingerprint density at radius 3 is 1.76 bits per heavy atom. The van der Waals surface area contributed by atoms with Crippen LogP contribution in [-0.4, -0.2) is 66.6 Å². The van der Waals surface area contributed by atoms with E-state index in [1.807, 2.05) is 6.92 Å². The number of carbonyl (C=O) groups is 4. The first kappa shape index (κ1) is 34.8. The van der Waals surface area contributed by atoms with E-state index in [2.05, 4.69) is 16.0 Å². The number of nitrogens with two attached hydrogens (primary N) is 3. The number of nitrogens with one attached hydrogen (secondary N) is 3. The fraction of sp³-hybridized carbons (Fsp3) is 0.846. The van der Waals surface area contributed by atoms with Gasteiger partial charge in [-0.15, -0.1) is 0 Å². The normalized spacial score (nSPS) is 14.3. The number of unbranched alkanes of at least 4 members (excludes halogenated alkanes) is 8. The molecule has 0 aromatic rings. The first-order valence-corrected chi connectivity index (χ1v) is 13.9. The van der Waals surface area contributed by atoms with Crippen molar-refractivity contribution in [3.63, 3.8) is 0 Å². The summed E-state index contributed by atoms with van der Waals surface area (Å²) in [6.45, 7) is 4.25. The topological polar surface area (TPSA) is 203 Å². The van der Waals surface area contributed by atoms with Gasteiger partial charge in [-0.3, -0.25) is 19.2 Å². The minimum Gasteiger partial charge on any atom is -0.394 e. The van der Waals surface area contributed by atoms with Gasteiger partial charge in [-0.2, -0.15) is 0 Å². The molecule has 0 aliphatic heterocycles. The zero-order chi connectivity index (χ0) is 28.1. The van der Waals surface area contributed by atoms with E-state index in [0.717, 1.165) is 45.1 Å². The van der Waals surface area contributed by atoms with E-state index in [1.54, 1.807) is 6.92 Å². The molecular weight excluding hydrogens is 476 g/mol. The van der Waals surface area contributed by atoms with E-state index in [-0.39, 0.29) is 18.2 Å². The summed E-state index contributed by atoms with van der Waals surface area (Å²) in [5.74, 6) is -2.36. The SMILES string of the molecule is CC[C@H](C)[C@H](NC(=O)[C@H](CCCCN)NC(=O)[C@H](CO)NC(=O)CCCCCCCCCCN)C(N)=O. The van der Waals surface area contributed by atoms with Crippen molar-refractivity contribution in [2.75, 3.05) is 19.7 Å². The third-order valence-corrected chi connectivity index (χ3v) is 6.59. The Kier molecular flexibility index (Phi) is 20.5. The Balaban J connectivity index is 4.79. The van der Waals surface area contributed by atoms with Crippen molar-refractivity contribution < 1.29 is 24.3 Å². The van der Waals surface area contributed by atoms with E-state index >= 15 is 0 Å². The Morgan fingerprint density at radius 1 is 0.730 bits per heavy atom. The molecule has 0 saturated carbocycles. The fourth-order valence-corrected chi connectivity index (χ4v) is 3.97. The van der Waals surface area contributed by atoms with Crippen molar-refractivity contribution in [2.24, 2.45) is 23.1 Å². The van der Waals surface area contributed by atoms with Gasteiger partial charge in [0.15, 0.2) is 0 Å². The molecule has 0 aliphatic carbocycles. The van der Waals surface area contributed by atoms with Crippen LogP contribution < -0.4 is 33.2 Å². The highest BCUT2D eigenvalue weighted by Gasteiger charge is 2.30. The summed E-state index contributed by atoms with van der Waals surface area (Å²) < 4.78 is 0. The molecule has 0 radical (unpaired) electrons. The maximum absolute atomic E-state index is 12.9. The van der Waals surface area contributed by atoms with Crippen LogP contribution in [0.4, 0.5) is 0 Å². The van der Waals surface area contributed by atoms with Crippen LogP contribution in [0.25, 0.3) is 0 Å². The van der Waals surface area contributed by atoms with E-state index in [4.69, 9.17) is 17.2 Å². The van der Waals surface area contributed by atoms with Crippen LogP contribution in [-0.2, 0) is 19.2 Å². The highest BCUT2D eigenvalue weighted by Crippen LogP contribution is 2.11. The average Bonchev–Trinajstić information content (AvgIpc) is 2.87. The lowest BCUT2D eigenvalue weighted by atomic mass is 9.97. The van der Waals surface area contributed by atoms with Crippen LogP contribution in [0.5, 0.6) is 0 Å². The van der Waals surface area contributed by atoms with Gasteiger partial charge in [0.05, 0.1) is 6.61 Å². The number of hydrogen-bond donors (Lipinski definition) is 7. The van der Waals surface area contributed by atoms with Crippen molar-refractivity contribution in [2.45, 2.75) is 115 Å². The summed E-state index contributed by atoms with van der Waals surface area (Å²) in [5.41, 5.74) is 16.5. The minimum atomic E-state index is -1.18. The molecule has 216 valence electrons. The molecule has 0 unspecified atom stereocenters. The van der Waals surface area contributed by atoms with Gasteiger partial charge >= 0.3 is 0 Å². The van der Waals surface area contributed by atoms with Gasteiger partial charge in [-0.05, 0) is 51.1 Å². The molecule has 0 aromatic heterocycles. The molecule has 0 fully saturated rings. The van der Waals surface area contributed by atoms with Gasteiger partial charge in [0.25, 0.3) is 0 Å². The van der Waals surface area contributed by atoms with E-state index < -0.39 is 42.5 Å². The second-order valence-corrected chi connectivity index (χ2v) is 9.79. The molecule has 0 spiro atoms. The zero-order valence-corrected chi connectivity index (χ0v) is 22.9. The first-order valence-electron chi connectivity index (χ1n) is 13.9. The Bertz CT molecular complexity index is 663. The first-order chi connectivity index (χ1) is 17.7. The van der Waals surface area contributed by atoms with Crippen molar-refractivity contribution in [3.05, 3.63) is 0 Å². The number of hydrogen-bond acceptors (Lipinski definition) is 7. The van der Waals surface area contributed by atoms with E-state index in [1.165, 1.54) is 6.42 Å².